The second kappa shape index (κ2) is 6.70. The fourth-order valence-electron chi connectivity index (χ4n) is 2.40. The molecule has 0 saturated heterocycles. The Bertz CT molecular complexity index is 873. The van der Waals surface area contributed by atoms with Crippen molar-refractivity contribution in [1.82, 2.24) is 0 Å². The summed E-state index contributed by atoms with van der Waals surface area (Å²) in [5, 5.41) is 25.1. The van der Waals surface area contributed by atoms with Crippen molar-refractivity contribution in [3.8, 4) is 0 Å². The van der Waals surface area contributed by atoms with Crippen LogP contribution >= 0.6 is 0 Å². The number of hydrogen-bond acceptors (Lipinski definition) is 4. The second-order valence-electron chi connectivity index (χ2n) is 4.48. The predicted octanol–water partition coefficient (Wildman–Crippen LogP) is 0.599. The Balaban J connectivity index is 0.00000121. The van der Waals surface area contributed by atoms with Gasteiger partial charge in [-0.1, -0.05) is 36.4 Å². The molecule has 0 spiro atoms. The van der Waals surface area contributed by atoms with Crippen molar-refractivity contribution in [1.29, 1.82) is 0 Å². The topological polar surface area (TPSA) is 109 Å². The van der Waals surface area contributed by atoms with Crippen molar-refractivity contribution in [2.75, 3.05) is 0 Å². The molecular formula is C16H8O5Ti. The molecule has 0 heterocycles. The van der Waals surface area contributed by atoms with E-state index < -0.39 is 11.9 Å². The number of carbonyl (C=O) groups excluding carboxylic acids is 2. The summed E-state index contributed by atoms with van der Waals surface area (Å²) in [6.45, 7) is 0. The standard InChI is InChI=1S/C16H10O4.O.Ti/c17-15(18)12-6-5-11-7-9-3-1-2-4-10(9)8-13(11)14(12)16(19)20;;/h1-8H,(H,17,18)(H,19,20);;/q;-2;+4/p-2. The van der Waals surface area contributed by atoms with E-state index in [1.807, 2.05) is 30.3 Å². The Labute approximate surface area is 140 Å². The van der Waals surface area contributed by atoms with Crippen molar-refractivity contribution in [2.24, 2.45) is 0 Å². The molecule has 0 bridgehead atoms. The van der Waals surface area contributed by atoms with Crippen LogP contribution in [0.5, 0.6) is 0 Å². The number of carboxylic acids is 2. The largest absolute Gasteiger partial charge is 4.00 e. The summed E-state index contributed by atoms with van der Waals surface area (Å²) < 4.78 is 0. The van der Waals surface area contributed by atoms with Crippen LogP contribution in [0, 0.1) is 0 Å². The maximum absolute atomic E-state index is 11.3. The molecule has 0 saturated carbocycles. The molecule has 0 amide bonds. The van der Waals surface area contributed by atoms with Crippen molar-refractivity contribution >= 4 is 33.5 Å². The van der Waals surface area contributed by atoms with E-state index in [0.29, 0.717) is 10.8 Å². The molecule has 0 aliphatic carbocycles. The van der Waals surface area contributed by atoms with Gasteiger partial charge in [-0.3, -0.25) is 0 Å². The Morgan fingerprint density at radius 1 is 0.773 bits per heavy atom. The fraction of sp³-hybridized carbons (Fsp3) is 0. The van der Waals surface area contributed by atoms with E-state index >= 15 is 0 Å². The van der Waals surface area contributed by atoms with Gasteiger partial charge in [0.05, 0.1) is 11.9 Å². The minimum absolute atomic E-state index is 0. The third kappa shape index (κ3) is 2.87. The van der Waals surface area contributed by atoms with Crippen LogP contribution in [0.3, 0.4) is 0 Å². The number of benzene rings is 3. The first-order chi connectivity index (χ1) is 9.58. The molecule has 5 nitrogen and oxygen atoms in total. The summed E-state index contributed by atoms with van der Waals surface area (Å²) in [6, 6.07) is 13.7. The van der Waals surface area contributed by atoms with Crippen LogP contribution < -0.4 is 10.2 Å². The summed E-state index contributed by atoms with van der Waals surface area (Å²) in [6.07, 6.45) is 0. The third-order valence-electron chi connectivity index (χ3n) is 3.31. The SMILES string of the molecule is O=C([O-])c1ccc2cc3ccccc3cc2c1C(=O)[O-].[O-2].[Ti+4]. The van der Waals surface area contributed by atoms with E-state index in [0.717, 1.165) is 10.8 Å². The first kappa shape index (κ1) is 17.8. The summed E-state index contributed by atoms with van der Waals surface area (Å²) in [7, 11) is 0. The molecule has 0 aromatic heterocycles. The smallest absolute Gasteiger partial charge is 2.00 e. The van der Waals surface area contributed by atoms with Gasteiger partial charge in [-0.25, -0.2) is 0 Å². The molecule has 3 aromatic carbocycles. The number of carbonyl (C=O) groups is 2. The fourth-order valence-corrected chi connectivity index (χ4v) is 2.40. The van der Waals surface area contributed by atoms with Crippen LogP contribution in [-0.4, -0.2) is 11.9 Å². The maximum Gasteiger partial charge on any atom is 4.00 e. The summed E-state index contributed by atoms with van der Waals surface area (Å²) in [4.78, 5) is 22.3. The average molecular weight is 328 g/mol. The normalized spacial score (nSPS) is 9.82. The van der Waals surface area contributed by atoms with Crippen LogP contribution in [0.1, 0.15) is 20.7 Å². The molecule has 0 atom stereocenters. The van der Waals surface area contributed by atoms with E-state index in [-0.39, 0.29) is 38.3 Å². The van der Waals surface area contributed by atoms with Crippen molar-refractivity contribution in [3.05, 3.63) is 59.7 Å². The quantitative estimate of drug-likeness (QED) is 0.507. The molecule has 0 aliphatic rings. The Morgan fingerprint density at radius 2 is 1.36 bits per heavy atom. The second-order valence-corrected chi connectivity index (χ2v) is 4.48. The molecule has 0 N–H and O–H groups in total. The van der Waals surface area contributed by atoms with E-state index in [2.05, 4.69) is 0 Å². The van der Waals surface area contributed by atoms with Crippen molar-refractivity contribution < 1.29 is 47.0 Å². The zero-order valence-corrected chi connectivity index (χ0v) is 12.7. The molecule has 0 fully saturated rings. The summed E-state index contributed by atoms with van der Waals surface area (Å²) >= 11 is 0. The number of aromatic carboxylic acids is 2. The van der Waals surface area contributed by atoms with E-state index in [1.165, 1.54) is 6.07 Å². The first-order valence-electron chi connectivity index (χ1n) is 5.96. The first-order valence-corrected chi connectivity index (χ1v) is 5.96. The molecule has 3 aromatic rings. The van der Waals surface area contributed by atoms with Crippen molar-refractivity contribution in [2.45, 2.75) is 0 Å². The average Bonchev–Trinajstić information content (AvgIpc) is 2.43. The molecular weight excluding hydrogens is 320 g/mol. The minimum atomic E-state index is -1.53. The number of rotatable bonds is 2. The van der Waals surface area contributed by atoms with Gasteiger partial charge in [-0.15, -0.1) is 0 Å². The van der Waals surface area contributed by atoms with Gasteiger partial charge < -0.3 is 25.3 Å². The molecule has 6 heteroatoms. The number of fused-ring (bicyclic) bond motifs is 2. The van der Waals surface area contributed by atoms with Crippen LogP contribution in [0.15, 0.2) is 48.5 Å². The summed E-state index contributed by atoms with van der Waals surface area (Å²) in [5.74, 6) is -3.05. The van der Waals surface area contributed by atoms with Gasteiger partial charge in [0.25, 0.3) is 0 Å². The molecule has 106 valence electrons. The Morgan fingerprint density at radius 3 is 1.91 bits per heavy atom. The zero-order chi connectivity index (χ0) is 14.3. The van der Waals surface area contributed by atoms with Gasteiger partial charge in [-0.05, 0) is 33.7 Å². The van der Waals surface area contributed by atoms with Gasteiger partial charge in [0.2, 0.25) is 0 Å². The van der Waals surface area contributed by atoms with E-state index in [4.69, 9.17) is 0 Å². The Hall–Kier alpha value is -2.21. The molecule has 0 radical (unpaired) electrons. The van der Waals surface area contributed by atoms with Crippen LogP contribution in [0.4, 0.5) is 0 Å². The molecule has 0 unspecified atom stereocenters. The van der Waals surface area contributed by atoms with Crippen LogP contribution in [0.2, 0.25) is 0 Å². The van der Waals surface area contributed by atoms with Gasteiger partial charge in [0.1, 0.15) is 0 Å². The van der Waals surface area contributed by atoms with Crippen molar-refractivity contribution in [3.63, 3.8) is 0 Å². The Kier molecular flexibility index (Phi) is 5.44. The molecule has 0 aliphatic heterocycles. The maximum atomic E-state index is 11.3. The van der Waals surface area contributed by atoms with Gasteiger partial charge >= 0.3 is 21.7 Å². The number of hydrogen-bond donors (Lipinski definition) is 0. The summed E-state index contributed by atoms with van der Waals surface area (Å²) in [5.41, 5.74) is -0.707. The van der Waals surface area contributed by atoms with E-state index in [9.17, 15) is 19.8 Å². The zero-order valence-electron chi connectivity index (χ0n) is 11.2. The van der Waals surface area contributed by atoms with Gasteiger partial charge in [0, 0.05) is 11.1 Å². The van der Waals surface area contributed by atoms with Gasteiger partial charge in [0.15, 0.2) is 0 Å². The minimum Gasteiger partial charge on any atom is -2.00 e. The monoisotopic (exact) mass is 328 g/mol. The molecule has 22 heavy (non-hydrogen) atoms. The third-order valence-corrected chi connectivity index (χ3v) is 3.31. The van der Waals surface area contributed by atoms with Crippen LogP contribution in [-0.2, 0) is 27.2 Å². The van der Waals surface area contributed by atoms with Crippen LogP contribution in [0.25, 0.3) is 21.5 Å². The van der Waals surface area contributed by atoms with E-state index in [1.54, 1.807) is 12.1 Å². The molecule has 3 rings (SSSR count). The predicted molar refractivity (Wildman–Crippen MR) is 70.8 cm³/mol. The number of carboxylic acid groups (broad SMARTS) is 2. The van der Waals surface area contributed by atoms with Gasteiger partial charge in [-0.2, -0.15) is 0 Å².